The SMILES string of the molecule is C[C@H](SCc1ccccc1)C(=O)NCc1n[nH]c(=S)n1C1CC1. The number of carbonyl (C=O) groups excluding carboxylic acids is 1. The number of hydrogen-bond acceptors (Lipinski definition) is 4. The number of H-pyrrole nitrogens is 1. The van der Waals surface area contributed by atoms with E-state index in [1.54, 1.807) is 11.8 Å². The van der Waals surface area contributed by atoms with Crippen molar-refractivity contribution in [1.82, 2.24) is 20.1 Å². The minimum absolute atomic E-state index is 0.0298. The fourth-order valence-corrected chi connectivity index (χ4v) is 3.52. The van der Waals surface area contributed by atoms with Crippen molar-refractivity contribution in [1.29, 1.82) is 0 Å². The molecule has 0 spiro atoms. The summed E-state index contributed by atoms with van der Waals surface area (Å²) in [5, 5.41) is 9.90. The van der Waals surface area contributed by atoms with E-state index in [1.165, 1.54) is 5.56 Å². The topological polar surface area (TPSA) is 62.7 Å². The average molecular weight is 348 g/mol. The fourth-order valence-electron chi connectivity index (χ4n) is 2.35. The van der Waals surface area contributed by atoms with Crippen molar-refractivity contribution in [2.45, 2.75) is 43.4 Å². The summed E-state index contributed by atoms with van der Waals surface area (Å²) in [6.07, 6.45) is 2.27. The van der Waals surface area contributed by atoms with Gasteiger partial charge < -0.3 is 5.32 Å². The first-order valence-electron chi connectivity index (χ1n) is 7.74. The van der Waals surface area contributed by atoms with Crippen LogP contribution in [0.1, 0.15) is 37.2 Å². The molecule has 1 aliphatic carbocycles. The average Bonchev–Trinajstić information content (AvgIpc) is 3.34. The standard InChI is InChI=1S/C16H20N4OS2/c1-11(23-10-12-5-3-2-4-6-12)15(21)17-9-14-18-19-16(22)20(14)13-7-8-13/h2-6,11,13H,7-10H2,1H3,(H,17,21)(H,19,22)/t11-/m0/s1. The molecule has 0 unspecified atom stereocenters. The summed E-state index contributed by atoms with van der Waals surface area (Å²) in [6, 6.07) is 10.6. The summed E-state index contributed by atoms with van der Waals surface area (Å²) in [5.41, 5.74) is 1.23. The molecule has 1 saturated carbocycles. The lowest BCUT2D eigenvalue weighted by Crippen LogP contribution is -2.31. The molecule has 23 heavy (non-hydrogen) atoms. The zero-order chi connectivity index (χ0) is 16.2. The molecular weight excluding hydrogens is 328 g/mol. The summed E-state index contributed by atoms with van der Waals surface area (Å²) in [7, 11) is 0. The van der Waals surface area contributed by atoms with Crippen LogP contribution in [0.5, 0.6) is 0 Å². The summed E-state index contributed by atoms with van der Waals surface area (Å²) >= 11 is 6.88. The summed E-state index contributed by atoms with van der Waals surface area (Å²) in [4.78, 5) is 12.2. The van der Waals surface area contributed by atoms with E-state index in [1.807, 2.05) is 29.7 Å². The smallest absolute Gasteiger partial charge is 0.233 e. The van der Waals surface area contributed by atoms with Gasteiger partial charge in [-0.1, -0.05) is 30.3 Å². The molecule has 1 fully saturated rings. The molecule has 122 valence electrons. The molecule has 0 aliphatic heterocycles. The highest BCUT2D eigenvalue weighted by Gasteiger charge is 2.27. The number of carbonyl (C=O) groups is 1. The normalized spacial score (nSPS) is 15.3. The highest BCUT2D eigenvalue weighted by molar-refractivity contribution is 7.99. The maximum Gasteiger partial charge on any atom is 0.233 e. The molecule has 7 heteroatoms. The number of nitrogens with zero attached hydrogens (tertiary/aromatic N) is 2. The molecule has 0 saturated heterocycles. The van der Waals surface area contributed by atoms with Gasteiger partial charge in [0.1, 0.15) is 0 Å². The lowest BCUT2D eigenvalue weighted by Gasteiger charge is -2.12. The third-order valence-corrected chi connectivity index (χ3v) is 5.32. The number of aromatic amines is 1. The molecule has 0 radical (unpaired) electrons. The largest absolute Gasteiger partial charge is 0.348 e. The van der Waals surface area contributed by atoms with Gasteiger partial charge in [0, 0.05) is 11.8 Å². The predicted octanol–water partition coefficient (Wildman–Crippen LogP) is 3.21. The van der Waals surface area contributed by atoms with Gasteiger partial charge in [0.05, 0.1) is 11.8 Å². The van der Waals surface area contributed by atoms with E-state index < -0.39 is 0 Å². The van der Waals surface area contributed by atoms with Crippen molar-refractivity contribution >= 4 is 29.9 Å². The van der Waals surface area contributed by atoms with Crippen LogP contribution in [0.3, 0.4) is 0 Å². The van der Waals surface area contributed by atoms with Gasteiger partial charge in [-0.25, -0.2) is 0 Å². The number of nitrogens with one attached hydrogen (secondary N) is 2. The molecule has 1 aromatic carbocycles. The Hall–Kier alpha value is -1.60. The molecule has 1 atom stereocenters. The van der Waals surface area contributed by atoms with Crippen LogP contribution in [0.4, 0.5) is 0 Å². The van der Waals surface area contributed by atoms with Crippen molar-refractivity contribution in [2.24, 2.45) is 0 Å². The van der Waals surface area contributed by atoms with E-state index in [4.69, 9.17) is 12.2 Å². The van der Waals surface area contributed by atoms with E-state index in [0.717, 1.165) is 24.4 Å². The Labute approximate surface area is 144 Å². The molecule has 0 bridgehead atoms. The van der Waals surface area contributed by atoms with Gasteiger partial charge in [-0.15, -0.1) is 11.8 Å². The number of aromatic nitrogens is 3. The summed E-state index contributed by atoms with van der Waals surface area (Å²) in [5.74, 6) is 1.67. The van der Waals surface area contributed by atoms with Crippen LogP contribution in [-0.4, -0.2) is 25.9 Å². The zero-order valence-corrected chi connectivity index (χ0v) is 14.6. The van der Waals surface area contributed by atoms with Crippen LogP contribution in [0.15, 0.2) is 30.3 Å². The van der Waals surface area contributed by atoms with Gasteiger partial charge in [0.2, 0.25) is 5.91 Å². The predicted molar refractivity (Wildman–Crippen MR) is 94.7 cm³/mol. The van der Waals surface area contributed by atoms with Crippen molar-refractivity contribution in [3.05, 3.63) is 46.5 Å². The Morgan fingerprint density at radius 2 is 2.22 bits per heavy atom. The second-order valence-corrected chi connectivity index (χ2v) is 7.42. The quantitative estimate of drug-likeness (QED) is 0.754. The van der Waals surface area contributed by atoms with Crippen LogP contribution in [0, 0.1) is 4.77 Å². The van der Waals surface area contributed by atoms with Crippen LogP contribution < -0.4 is 5.32 Å². The zero-order valence-electron chi connectivity index (χ0n) is 13.0. The third kappa shape index (κ3) is 4.23. The number of benzene rings is 1. The Morgan fingerprint density at radius 1 is 1.48 bits per heavy atom. The Balaban J connectivity index is 1.50. The fraction of sp³-hybridized carbons (Fsp3) is 0.438. The van der Waals surface area contributed by atoms with E-state index >= 15 is 0 Å². The van der Waals surface area contributed by atoms with Crippen LogP contribution >= 0.6 is 24.0 Å². The van der Waals surface area contributed by atoms with Crippen molar-refractivity contribution in [3.8, 4) is 0 Å². The first-order valence-corrected chi connectivity index (χ1v) is 9.20. The number of amides is 1. The number of hydrogen-bond donors (Lipinski definition) is 2. The molecule has 2 N–H and O–H groups in total. The van der Waals surface area contributed by atoms with Gasteiger partial charge in [-0.2, -0.15) is 5.10 Å². The van der Waals surface area contributed by atoms with Gasteiger partial charge in [-0.05, 0) is 37.5 Å². The van der Waals surface area contributed by atoms with Gasteiger partial charge in [-0.3, -0.25) is 14.5 Å². The Bertz CT molecular complexity index is 721. The van der Waals surface area contributed by atoms with E-state index in [-0.39, 0.29) is 11.2 Å². The Kier molecular flexibility index (Phi) is 5.17. The van der Waals surface area contributed by atoms with Crippen molar-refractivity contribution in [2.75, 3.05) is 0 Å². The maximum atomic E-state index is 12.2. The Morgan fingerprint density at radius 3 is 2.91 bits per heavy atom. The molecular formula is C16H20N4OS2. The highest BCUT2D eigenvalue weighted by atomic mass is 32.2. The lowest BCUT2D eigenvalue weighted by molar-refractivity contribution is -0.120. The van der Waals surface area contributed by atoms with Gasteiger partial charge in [0.15, 0.2) is 10.6 Å². The number of thioether (sulfide) groups is 1. The van der Waals surface area contributed by atoms with E-state index in [2.05, 4.69) is 27.6 Å². The molecule has 1 aromatic heterocycles. The second kappa shape index (κ2) is 7.31. The molecule has 1 heterocycles. The second-order valence-electron chi connectivity index (χ2n) is 5.70. The molecule has 2 aromatic rings. The summed E-state index contributed by atoms with van der Waals surface area (Å²) in [6.45, 7) is 2.35. The van der Waals surface area contributed by atoms with Crippen LogP contribution in [0.25, 0.3) is 0 Å². The maximum absolute atomic E-state index is 12.2. The van der Waals surface area contributed by atoms with Crippen LogP contribution in [-0.2, 0) is 17.1 Å². The lowest BCUT2D eigenvalue weighted by atomic mass is 10.2. The highest BCUT2D eigenvalue weighted by Crippen LogP contribution is 2.35. The molecule has 1 amide bonds. The number of rotatable bonds is 7. The van der Waals surface area contributed by atoms with Gasteiger partial charge >= 0.3 is 0 Å². The third-order valence-electron chi connectivity index (χ3n) is 3.82. The van der Waals surface area contributed by atoms with Crippen LogP contribution in [0.2, 0.25) is 0 Å². The van der Waals surface area contributed by atoms with E-state index in [9.17, 15) is 4.79 Å². The molecule has 3 rings (SSSR count). The van der Waals surface area contributed by atoms with E-state index in [0.29, 0.717) is 17.4 Å². The molecule has 1 aliphatic rings. The minimum atomic E-state index is -0.105. The minimum Gasteiger partial charge on any atom is -0.348 e. The first kappa shape index (κ1) is 16.3. The van der Waals surface area contributed by atoms with Crippen molar-refractivity contribution < 1.29 is 4.79 Å². The first-order chi connectivity index (χ1) is 11.1. The molecule has 5 nitrogen and oxygen atoms in total. The monoisotopic (exact) mass is 348 g/mol. The summed E-state index contributed by atoms with van der Waals surface area (Å²) < 4.78 is 2.67. The van der Waals surface area contributed by atoms with Crippen molar-refractivity contribution in [3.63, 3.8) is 0 Å². The van der Waals surface area contributed by atoms with Gasteiger partial charge in [0.25, 0.3) is 0 Å².